The van der Waals surface area contributed by atoms with Crippen molar-refractivity contribution in [3.63, 3.8) is 0 Å². The Morgan fingerprint density at radius 1 is 1.21 bits per heavy atom. The van der Waals surface area contributed by atoms with E-state index in [1.54, 1.807) is 36.4 Å². The third kappa shape index (κ3) is 4.92. The minimum atomic E-state index is -0.315. The van der Waals surface area contributed by atoms with E-state index in [9.17, 15) is 14.7 Å². The van der Waals surface area contributed by atoms with Crippen molar-refractivity contribution in [3.8, 4) is 5.75 Å². The molecule has 4 rings (SSSR count). The van der Waals surface area contributed by atoms with Gasteiger partial charge in [-0.05, 0) is 42.3 Å². The van der Waals surface area contributed by atoms with Gasteiger partial charge in [0.15, 0.2) is 0 Å². The Balaban J connectivity index is 1.61. The monoisotopic (exact) mass is 482 g/mol. The summed E-state index contributed by atoms with van der Waals surface area (Å²) >= 11 is 6.60. The van der Waals surface area contributed by atoms with Crippen molar-refractivity contribution < 1.29 is 14.6 Å². The zero-order chi connectivity index (χ0) is 23.4. The highest BCUT2D eigenvalue weighted by Gasteiger charge is 2.32. The molecule has 0 aliphatic carbocycles. The Bertz CT molecular complexity index is 1290. The number of nitrogens with one attached hydrogen (secondary N) is 1. The molecule has 2 aromatic heterocycles. The Morgan fingerprint density at radius 3 is 2.73 bits per heavy atom. The van der Waals surface area contributed by atoms with Gasteiger partial charge in [-0.1, -0.05) is 42.2 Å². The molecule has 1 saturated heterocycles. The Hall–Kier alpha value is -3.21. The van der Waals surface area contributed by atoms with E-state index in [1.165, 1.54) is 10.5 Å². The zero-order valence-electron chi connectivity index (χ0n) is 17.9. The van der Waals surface area contributed by atoms with Crippen LogP contribution < -0.4 is 15.6 Å². The van der Waals surface area contributed by atoms with Crippen molar-refractivity contribution in [2.75, 3.05) is 32.1 Å². The van der Waals surface area contributed by atoms with Crippen LogP contribution in [0.1, 0.15) is 11.1 Å². The lowest BCUT2D eigenvalue weighted by Gasteiger charge is -2.14. The molecule has 10 heteroatoms. The molecule has 0 unspecified atom stereocenters. The predicted octanol–water partition coefficient (Wildman–Crippen LogP) is 2.55. The molecule has 8 nitrogen and oxygen atoms in total. The summed E-state index contributed by atoms with van der Waals surface area (Å²) in [5.74, 6) is 0.834. The van der Waals surface area contributed by atoms with Crippen LogP contribution in [0.15, 0.2) is 58.4 Å². The fraction of sp³-hybridized carbons (Fsp3) is 0.217. The number of hydrogen-bond donors (Lipinski definition) is 2. The molecule has 1 aromatic carbocycles. The van der Waals surface area contributed by atoms with Crippen LogP contribution in [0.4, 0.5) is 5.82 Å². The fourth-order valence-corrected chi connectivity index (χ4v) is 4.69. The van der Waals surface area contributed by atoms with Gasteiger partial charge >= 0.3 is 0 Å². The second-order valence-electron chi connectivity index (χ2n) is 7.19. The van der Waals surface area contributed by atoms with Gasteiger partial charge in [0.25, 0.3) is 11.5 Å². The summed E-state index contributed by atoms with van der Waals surface area (Å²) in [4.78, 5) is 32.6. The second-order valence-corrected chi connectivity index (χ2v) is 8.87. The van der Waals surface area contributed by atoms with Crippen molar-refractivity contribution in [2.45, 2.75) is 6.42 Å². The molecule has 1 aliphatic heterocycles. The van der Waals surface area contributed by atoms with Crippen molar-refractivity contribution in [1.82, 2.24) is 14.3 Å². The number of anilines is 1. The summed E-state index contributed by atoms with van der Waals surface area (Å²) in [7, 11) is 1.61. The molecule has 0 spiro atoms. The van der Waals surface area contributed by atoms with E-state index < -0.39 is 0 Å². The number of thiocarbonyl (C=S) groups is 1. The number of ether oxygens (including phenoxy) is 1. The summed E-state index contributed by atoms with van der Waals surface area (Å²) in [6.07, 6.45) is 3.78. The zero-order valence-corrected chi connectivity index (χ0v) is 19.5. The van der Waals surface area contributed by atoms with Crippen LogP contribution in [0.3, 0.4) is 0 Å². The maximum Gasteiger partial charge on any atom is 0.267 e. The first-order chi connectivity index (χ1) is 16.0. The van der Waals surface area contributed by atoms with Crippen LogP contribution in [0.5, 0.6) is 5.75 Å². The molecule has 0 radical (unpaired) electrons. The van der Waals surface area contributed by atoms with Crippen LogP contribution in [-0.4, -0.2) is 56.4 Å². The number of aromatic nitrogens is 2. The highest BCUT2D eigenvalue weighted by Crippen LogP contribution is 2.33. The van der Waals surface area contributed by atoms with Gasteiger partial charge in [-0.3, -0.25) is 18.9 Å². The quantitative estimate of drug-likeness (QED) is 0.374. The van der Waals surface area contributed by atoms with E-state index in [1.807, 2.05) is 24.3 Å². The number of aliphatic hydroxyl groups is 1. The molecule has 1 fully saturated rings. The average Bonchev–Trinajstić information content (AvgIpc) is 3.10. The number of thioether (sulfide) groups is 1. The number of pyridine rings is 1. The lowest BCUT2D eigenvalue weighted by atomic mass is 10.1. The summed E-state index contributed by atoms with van der Waals surface area (Å²) < 4.78 is 7.04. The summed E-state index contributed by atoms with van der Waals surface area (Å²) in [5.41, 5.74) is 1.45. The van der Waals surface area contributed by atoms with Gasteiger partial charge in [0.2, 0.25) is 0 Å². The van der Waals surface area contributed by atoms with Crippen molar-refractivity contribution in [2.24, 2.45) is 0 Å². The van der Waals surface area contributed by atoms with Crippen LogP contribution in [0, 0.1) is 0 Å². The number of nitrogens with zero attached hydrogens (tertiary/aromatic N) is 3. The van der Waals surface area contributed by atoms with E-state index in [0.29, 0.717) is 33.7 Å². The molecule has 0 atom stereocenters. The minimum absolute atomic E-state index is 0.122. The number of carbonyl (C=O) groups excluding carboxylic acids is 1. The van der Waals surface area contributed by atoms with Gasteiger partial charge in [0, 0.05) is 19.3 Å². The number of methoxy groups -OCH3 is 1. The van der Waals surface area contributed by atoms with Gasteiger partial charge in [-0.2, -0.15) is 0 Å². The number of carbonyl (C=O) groups is 1. The number of hydrogen-bond acceptors (Lipinski definition) is 8. The molecule has 0 bridgehead atoms. The van der Waals surface area contributed by atoms with Crippen LogP contribution in [0.2, 0.25) is 0 Å². The third-order valence-electron chi connectivity index (χ3n) is 5.11. The smallest absolute Gasteiger partial charge is 0.267 e. The van der Waals surface area contributed by atoms with Gasteiger partial charge in [0.1, 0.15) is 21.5 Å². The molecular formula is C23H22N4O4S2. The molecule has 3 heterocycles. The summed E-state index contributed by atoms with van der Waals surface area (Å²) in [6.45, 7) is 0.529. The van der Waals surface area contributed by atoms with Gasteiger partial charge < -0.3 is 15.2 Å². The van der Waals surface area contributed by atoms with Crippen LogP contribution in [0.25, 0.3) is 11.7 Å². The lowest BCUT2D eigenvalue weighted by Crippen LogP contribution is -2.30. The number of benzene rings is 1. The molecule has 0 saturated carbocycles. The number of fused-ring (bicyclic) bond motifs is 1. The molecule has 3 aromatic rings. The normalized spacial score (nSPS) is 15.0. The van der Waals surface area contributed by atoms with Crippen molar-refractivity contribution >= 4 is 51.7 Å². The second kappa shape index (κ2) is 10.2. The molecule has 1 aliphatic rings. The Kier molecular flexibility index (Phi) is 7.07. The van der Waals surface area contributed by atoms with E-state index in [0.717, 1.165) is 23.1 Å². The molecular weight excluding hydrogens is 460 g/mol. The Morgan fingerprint density at radius 2 is 2.00 bits per heavy atom. The van der Waals surface area contributed by atoms with Gasteiger partial charge in [-0.15, -0.1) is 0 Å². The Labute approximate surface area is 199 Å². The maximum atomic E-state index is 13.1. The van der Waals surface area contributed by atoms with E-state index >= 15 is 0 Å². The topological polar surface area (TPSA) is 96.2 Å². The van der Waals surface area contributed by atoms with Crippen LogP contribution >= 0.6 is 24.0 Å². The highest BCUT2D eigenvalue weighted by atomic mass is 32.2. The largest absolute Gasteiger partial charge is 0.497 e. The first-order valence-electron chi connectivity index (χ1n) is 10.3. The predicted molar refractivity (Wildman–Crippen MR) is 134 cm³/mol. The van der Waals surface area contributed by atoms with Crippen molar-refractivity contribution in [1.29, 1.82) is 0 Å². The van der Waals surface area contributed by atoms with E-state index in [-0.39, 0.29) is 30.2 Å². The summed E-state index contributed by atoms with van der Waals surface area (Å²) in [6, 6.07) is 12.9. The molecule has 170 valence electrons. The highest BCUT2D eigenvalue weighted by molar-refractivity contribution is 8.26. The SMILES string of the molecule is COc1ccc(CCN2C(=O)/C(=C/c3c(NCCO)nc4ccccn4c3=O)SC2=S)cc1. The lowest BCUT2D eigenvalue weighted by molar-refractivity contribution is -0.122. The number of amides is 1. The van der Waals surface area contributed by atoms with Gasteiger partial charge in [0.05, 0.1) is 24.2 Å². The van der Waals surface area contributed by atoms with Gasteiger partial charge in [-0.25, -0.2) is 4.98 Å². The minimum Gasteiger partial charge on any atom is -0.497 e. The van der Waals surface area contributed by atoms with Crippen LogP contribution in [-0.2, 0) is 11.2 Å². The molecule has 2 N–H and O–H groups in total. The standard InChI is InChI=1S/C23H22N4O4S2/c1-31-16-7-5-15(6-8-16)9-12-27-22(30)18(33-23(27)32)14-17-20(24-10-13-28)25-19-4-2-3-11-26(19)21(17)29/h2-8,11,14,24,28H,9-10,12-13H2,1H3/b18-14-. The molecule has 1 amide bonds. The first-order valence-corrected chi connectivity index (χ1v) is 11.5. The third-order valence-corrected chi connectivity index (χ3v) is 6.48. The maximum absolute atomic E-state index is 13.1. The fourth-order valence-electron chi connectivity index (χ4n) is 3.40. The van der Waals surface area contributed by atoms with E-state index in [2.05, 4.69) is 10.3 Å². The first kappa shape index (κ1) is 23.0. The molecule has 33 heavy (non-hydrogen) atoms. The van der Waals surface area contributed by atoms with Crippen molar-refractivity contribution in [3.05, 3.63) is 75.0 Å². The average molecular weight is 483 g/mol. The number of rotatable bonds is 8. The van der Waals surface area contributed by atoms with E-state index in [4.69, 9.17) is 17.0 Å². The summed E-state index contributed by atoms with van der Waals surface area (Å²) in [5, 5.41) is 12.2. The number of aliphatic hydroxyl groups excluding tert-OH is 1.